The Morgan fingerprint density at radius 3 is 2.43 bits per heavy atom. The maximum atomic E-state index is 12.7. The molecule has 1 amide bonds. The van der Waals surface area contributed by atoms with Gasteiger partial charge in [0.2, 0.25) is 10.0 Å². The lowest BCUT2D eigenvalue weighted by molar-refractivity contribution is -0.127. The number of sulfonamides is 1. The van der Waals surface area contributed by atoms with Crippen molar-refractivity contribution >= 4 is 27.3 Å². The molecule has 0 aliphatic carbocycles. The fourth-order valence-electron chi connectivity index (χ4n) is 3.53. The van der Waals surface area contributed by atoms with E-state index in [1.54, 1.807) is 12.1 Å². The zero-order chi connectivity index (χ0) is 21.9. The van der Waals surface area contributed by atoms with Crippen molar-refractivity contribution in [2.75, 3.05) is 35.1 Å². The van der Waals surface area contributed by atoms with Crippen LogP contribution in [0.25, 0.3) is 0 Å². The monoisotopic (exact) mass is 431 g/mol. The molecule has 7 nitrogen and oxygen atoms in total. The molecule has 1 aliphatic heterocycles. The SMILES string of the molecule is CCN(CC)c1ccc(CNC(=O)[C@@H]2CN(S(C)(=O)=O)c3cc(C)ccc3O2)cc1. The number of benzene rings is 2. The Balaban J connectivity index is 1.69. The number of carbonyl (C=O) groups is 1. The van der Waals surface area contributed by atoms with Crippen LogP contribution in [0.2, 0.25) is 0 Å². The molecule has 1 heterocycles. The Bertz CT molecular complexity index is 1000. The number of ether oxygens (including phenoxy) is 1. The van der Waals surface area contributed by atoms with Gasteiger partial charge in [-0.2, -0.15) is 0 Å². The van der Waals surface area contributed by atoms with E-state index in [1.165, 1.54) is 4.31 Å². The summed E-state index contributed by atoms with van der Waals surface area (Å²) in [6.07, 6.45) is 0.224. The lowest BCUT2D eigenvalue weighted by Crippen LogP contribution is -2.50. The number of hydrogen-bond acceptors (Lipinski definition) is 5. The Kier molecular flexibility index (Phi) is 6.55. The van der Waals surface area contributed by atoms with Crippen LogP contribution >= 0.6 is 0 Å². The van der Waals surface area contributed by atoms with E-state index in [9.17, 15) is 13.2 Å². The van der Waals surface area contributed by atoms with Crippen molar-refractivity contribution < 1.29 is 17.9 Å². The topological polar surface area (TPSA) is 79.0 Å². The average Bonchev–Trinajstić information content (AvgIpc) is 2.72. The van der Waals surface area contributed by atoms with Crippen LogP contribution in [-0.4, -0.2) is 46.3 Å². The minimum atomic E-state index is -3.54. The molecule has 0 aromatic heterocycles. The first-order chi connectivity index (χ1) is 14.2. The molecule has 3 rings (SSSR count). The molecule has 0 saturated heterocycles. The van der Waals surface area contributed by atoms with E-state index >= 15 is 0 Å². The van der Waals surface area contributed by atoms with Gasteiger partial charge in [0.15, 0.2) is 6.10 Å². The normalized spacial score (nSPS) is 15.9. The number of amides is 1. The molecule has 0 spiro atoms. The molecule has 8 heteroatoms. The Morgan fingerprint density at radius 1 is 1.17 bits per heavy atom. The fourth-order valence-corrected chi connectivity index (χ4v) is 4.43. The van der Waals surface area contributed by atoms with Gasteiger partial charge in [-0.1, -0.05) is 18.2 Å². The molecule has 0 saturated carbocycles. The number of nitrogens with zero attached hydrogens (tertiary/aromatic N) is 2. The minimum absolute atomic E-state index is 0.0536. The van der Waals surface area contributed by atoms with Crippen LogP contribution in [0.1, 0.15) is 25.0 Å². The first kappa shape index (κ1) is 22.0. The van der Waals surface area contributed by atoms with Gasteiger partial charge in [-0.05, 0) is 56.2 Å². The molecule has 30 heavy (non-hydrogen) atoms. The maximum absolute atomic E-state index is 12.7. The predicted molar refractivity (Wildman–Crippen MR) is 120 cm³/mol. The van der Waals surface area contributed by atoms with E-state index in [-0.39, 0.29) is 12.5 Å². The van der Waals surface area contributed by atoms with E-state index in [4.69, 9.17) is 4.74 Å². The Hall–Kier alpha value is -2.74. The van der Waals surface area contributed by atoms with E-state index in [2.05, 4.69) is 24.1 Å². The standard InChI is InChI=1S/C22H29N3O4S/c1-5-24(6-2)18-10-8-17(9-11-18)14-23-22(26)21-15-25(30(4,27)28)19-13-16(3)7-12-20(19)29-21/h7-13,21H,5-6,14-15H2,1-4H3,(H,23,26)/t21-/m0/s1. The van der Waals surface area contributed by atoms with Crippen LogP contribution in [0.4, 0.5) is 11.4 Å². The largest absolute Gasteiger partial charge is 0.476 e. The third-order valence-corrected chi connectivity index (χ3v) is 6.35. The molecule has 1 aliphatic rings. The first-order valence-electron chi connectivity index (χ1n) is 10.1. The third-order valence-electron chi connectivity index (χ3n) is 5.21. The molecule has 0 fully saturated rings. The number of nitrogens with one attached hydrogen (secondary N) is 1. The van der Waals surface area contributed by atoms with E-state index in [0.29, 0.717) is 18.0 Å². The molecule has 2 aromatic rings. The highest BCUT2D eigenvalue weighted by molar-refractivity contribution is 7.92. The van der Waals surface area contributed by atoms with Crippen molar-refractivity contribution in [3.8, 4) is 5.75 Å². The van der Waals surface area contributed by atoms with Crippen molar-refractivity contribution in [2.45, 2.75) is 33.4 Å². The summed E-state index contributed by atoms with van der Waals surface area (Å²) >= 11 is 0. The van der Waals surface area contributed by atoms with Crippen molar-refractivity contribution in [1.29, 1.82) is 0 Å². The van der Waals surface area contributed by atoms with Crippen LogP contribution in [0.3, 0.4) is 0 Å². The average molecular weight is 432 g/mol. The van der Waals surface area contributed by atoms with Gasteiger partial charge >= 0.3 is 0 Å². The van der Waals surface area contributed by atoms with E-state index in [1.807, 2.05) is 37.3 Å². The van der Waals surface area contributed by atoms with Crippen molar-refractivity contribution in [3.63, 3.8) is 0 Å². The zero-order valence-electron chi connectivity index (χ0n) is 17.9. The maximum Gasteiger partial charge on any atom is 0.263 e. The van der Waals surface area contributed by atoms with Gasteiger partial charge in [-0.15, -0.1) is 0 Å². The molecule has 0 unspecified atom stereocenters. The third kappa shape index (κ3) is 4.87. The highest BCUT2D eigenvalue weighted by Gasteiger charge is 2.34. The number of aryl methyl sites for hydroxylation is 1. The summed E-state index contributed by atoms with van der Waals surface area (Å²) in [5.74, 6) is 0.0451. The molecular formula is C22H29N3O4S. The lowest BCUT2D eigenvalue weighted by Gasteiger charge is -2.34. The summed E-state index contributed by atoms with van der Waals surface area (Å²) in [5.41, 5.74) is 3.49. The molecule has 162 valence electrons. The van der Waals surface area contributed by atoms with Gasteiger partial charge in [-0.3, -0.25) is 9.10 Å². The molecule has 1 atom stereocenters. The highest BCUT2D eigenvalue weighted by atomic mass is 32.2. The van der Waals surface area contributed by atoms with Gasteiger partial charge in [0.05, 0.1) is 18.5 Å². The predicted octanol–water partition coefficient (Wildman–Crippen LogP) is 2.68. The highest BCUT2D eigenvalue weighted by Crippen LogP contribution is 2.35. The molecule has 2 aromatic carbocycles. The van der Waals surface area contributed by atoms with Gasteiger partial charge in [-0.25, -0.2) is 8.42 Å². The van der Waals surface area contributed by atoms with Gasteiger partial charge in [0, 0.05) is 25.3 Å². The minimum Gasteiger partial charge on any atom is -0.476 e. The van der Waals surface area contributed by atoms with Gasteiger partial charge in [0.1, 0.15) is 5.75 Å². The van der Waals surface area contributed by atoms with Crippen LogP contribution in [-0.2, 0) is 21.4 Å². The number of carbonyl (C=O) groups excluding carboxylic acids is 1. The van der Waals surface area contributed by atoms with Crippen LogP contribution in [0.5, 0.6) is 5.75 Å². The van der Waals surface area contributed by atoms with Crippen molar-refractivity contribution in [1.82, 2.24) is 5.32 Å². The number of rotatable bonds is 7. The summed E-state index contributed by atoms with van der Waals surface area (Å²) in [7, 11) is -3.54. The zero-order valence-corrected chi connectivity index (χ0v) is 18.7. The number of fused-ring (bicyclic) bond motifs is 1. The second-order valence-corrected chi connectivity index (χ2v) is 9.34. The van der Waals surface area contributed by atoms with Crippen LogP contribution in [0, 0.1) is 6.92 Å². The summed E-state index contributed by atoms with van der Waals surface area (Å²) in [5, 5.41) is 2.86. The number of hydrogen-bond donors (Lipinski definition) is 1. The van der Waals surface area contributed by atoms with Gasteiger partial charge < -0.3 is 15.0 Å². The summed E-state index contributed by atoms with van der Waals surface area (Å²) in [6.45, 7) is 8.26. The van der Waals surface area contributed by atoms with Crippen molar-refractivity contribution in [2.24, 2.45) is 0 Å². The second kappa shape index (κ2) is 8.95. The first-order valence-corrected chi connectivity index (χ1v) is 11.9. The quantitative estimate of drug-likeness (QED) is 0.729. The molecule has 1 N–H and O–H groups in total. The van der Waals surface area contributed by atoms with Crippen LogP contribution < -0.4 is 19.3 Å². The second-order valence-electron chi connectivity index (χ2n) is 7.43. The fraction of sp³-hybridized carbons (Fsp3) is 0.409. The lowest BCUT2D eigenvalue weighted by atomic mass is 10.1. The smallest absolute Gasteiger partial charge is 0.263 e. The Morgan fingerprint density at radius 2 is 1.83 bits per heavy atom. The molecule has 0 bridgehead atoms. The number of anilines is 2. The van der Waals surface area contributed by atoms with Crippen molar-refractivity contribution in [3.05, 3.63) is 53.6 Å². The van der Waals surface area contributed by atoms with E-state index < -0.39 is 16.1 Å². The molecular weight excluding hydrogens is 402 g/mol. The van der Waals surface area contributed by atoms with Crippen LogP contribution in [0.15, 0.2) is 42.5 Å². The summed E-state index contributed by atoms with van der Waals surface area (Å²) in [4.78, 5) is 15.0. The summed E-state index contributed by atoms with van der Waals surface area (Å²) < 4.78 is 31.6. The molecule has 0 radical (unpaired) electrons. The van der Waals surface area contributed by atoms with E-state index in [0.717, 1.165) is 36.2 Å². The van der Waals surface area contributed by atoms with Gasteiger partial charge in [0.25, 0.3) is 5.91 Å². The summed E-state index contributed by atoms with van der Waals surface area (Å²) in [6, 6.07) is 13.3. The Labute approximate surface area is 178 Å².